The van der Waals surface area contributed by atoms with E-state index in [9.17, 15) is 4.79 Å². The van der Waals surface area contributed by atoms with Gasteiger partial charge in [-0.3, -0.25) is 4.79 Å². The zero-order valence-corrected chi connectivity index (χ0v) is 12.3. The van der Waals surface area contributed by atoms with Crippen molar-refractivity contribution in [2.45, 2.75) is 12.8 Å². The Balaban J connectivity index is 1.30. The number of carbonyl (C=O) groups excluding carboxylic acids is 1. The van der Waals surface area contributed by atoms with Gasteiger partial charge >= 0.3 is 0 Å². The van der Waals surface area contributed by atoms with E-state index in [2.05, 4.69) is 4.90 Å². The maximum atomic E-state index is 12.3. The van der Waals surface area contributed by atoms with Crippen molar-refractivity contribution in [3.8, 4) is 0 Å². The number of likely N-dealkylation sites (tertiary alicyclic amines) is 2. The molecule has 4 heterocycles. The number of carbonyl (C=O) groups is 1. The molecule has 3 aliphatic rings. The van der Waals surface area contributed by atoms with E-state index in [4.69, 9.17) is 9.15 Å². The van der Waals surface area contributed by atoms with E-state index in [-0.39, 0.29) is 5.91 Å². The maximum Gasteiger partial charge on any atom is 0.257 e. The number of hydrogen-bond donors (Lipinski definition) is 0. The van der Waals surface area contributed by atoms with Crippen LogP contribution in [-0.2, 0) is 4.74 Å². The van der Waals surface area contributed by atoms with E-state index >= 15 is 0 Å². The van der Waals surface area contributed by atoms with Crippen molar-refractivity contribution < 1.29 is 13.9 Å². The van der Waals surface area contributed by atoms with Gasteiger partial charge in [0.05, 0.1) is 18.4 Å². The van der Waals surface area contributed by atoms with Gasteiger partial charge in [0.25, 0.3) is 5.91 Å². The SMILES string of the molecule is O=C(c1ccoc1)N1CCC2(CN(C[C@H]3CCOC3)C2)C1. The summed E-state index contributed by atoms with van der Waals surface area (Å²) in [5, 5.41) is 0. The lowest BCUT2D eigenvalue weighted by atomic mass is 9.78. The molecule has 1 aromatic rings. The highest BCUT2D eigenvalue weighted by atomic mass is 16.5. The molecule has 4 rings (SSSR count). The molecule has 0 unspecified atom stereocenters. The molecule has 5 nitrogen and oxygen atoms in total. The second kappa shape index (κ2) is 5.14. The third kappa shape index (κ3) is 2.49. The molecule has 0 N–H and O–H groups in total. The molecule has 21 heavy (non-hydrogen) atoms. The normalized spacial score (nSPS) is 28.2. The molecule has 1 spiro atoms. The van der Waals surface area contributed by atoms with Crippen molar-refractivity contribution in [1.82, 2.24) is 9.80 Å². The number of furan rings is 1. The van der Waals surface area contributed by atoms with E-state index in [1.807, 2.05) is 4.90 Å². The molecule has 3 saturated heterocycles. The smallest absolute Gasteiger partial charge is 0.257 e. The predicted octanol–water partition coefficient (Wildman–Crippen LogP) is 1.46. The Morgan fingerprint density at radius 1 is 1.38 bits per heavy atom. The topological polar surface area (TPSA) is 45.9 Å². The van der Waals surface area contributed by atoms with Gasteiger partial charge in [-0.2, -0.15) is 0 Å². The molecule has 1 aromatic heterocycles. The van der Waals surface area contributed by atoms with Crippen LogP contribution in [-0.4, -0.2) is 61.6 Å². The monoisotopic (exact) mass is 290 g/mol. The summed E-state index contributed by atoms with van der Waals surface area (Å²) < 4.78 is 10.5. The zero-order chi connectivity index (χ0) is 14.3. The second-order valence-corrected chi connectivity index (χ2v) is 6.89. The van der Waals surface area contributed by atoms with Gasteiger partial charge in [-0.05, 0) is 24.8 Å². The first-order chi connectivity index (χ1) is 10.2. The van der Waals surface area contributed by atoms with Gasteiger partial charge in [0.2, 0.25) is 0 Å². The minimum Gasteiger partial charge on any atom is -0.472 e. The van der Waals surface area contributed by atoms with Gasteiger partial charge in [-0.1, -0.05) is 0 Å². The maximum absolute atomic E-state index is 12.3. The highest BCUT2D eigenvalue weighted by Crippen LogP contribution is 2.40. The van der Waals surface area contributed by atoms with Crippen LogP contribution < -0.4 is 0 Å². The van der Waals surface area contributed by atoms with Crippen LogP contribution >= 0.6 is 0 Å². The largest absolute Gasteiger partial charge is 0.472 e. The van der Waals surface area contributed by atoms with Crippen molar-refractivity contribution in [2.75, 3.05) is 45.9 Å². The molecule has 114 valence electrons. The minimum atomic E-state index is 0.114. The van der Waals surface area contributed by atoms with Crippen LogP contribution in [0.2, 0.25) is 0 Å². The van der Waals surface area contributed by atoms with Crippen LogP contribution in [0.1, 0.15) is 23.2 Å². The van der Waals surface area contributed by atoms with Crippen molar-refractivity contribution in [2.24, 2.45) is 11.3 Å². The fourth-order valence-electron chi connectivity index (χ4n) is 4.06. The predicted molar refractivity (Wildman–Crippen MR) is 77.0 cm³/mol. The molecule has 3 fully saturated rings. The summed E-state index contributed by atoms with van der Waals surface area (Å²) in [6.45, 7) is 7.07. The van der Waals surface area contributed by atoms with Gasteiger partial charge in [0.1, 0.15) is 6.26 Å². The number of hydrogen-bond acceptors (Lipinski definition) is 4. The Kier molecular flexibility index (Phi) is 3.27. The molecule has 0 bridgehead atoms. The minimum absolute atomic E-state index is 0.114. The molecule has 1 atom stereocenters. The second-order valence-electron chi connectivity index (χ2n) is 6.89. The first-order valence-corrected chi connectivity index (χ1v) is 7.86. The third-order valence-electron chi connectivity index (χ3n) is 5.15. The fourth-order valence-corrected chi connectivity index (χ4v) is 4.06. The highest BCUT2D eigenvalue weighted by Gasteiger charge is 2.48. The van der Waals surface area contributed by atoms with Gasteiger partial charge in [-0.15, -0.1) is 0 Å². The average Bonchev–Trinajstić information content (AvgIpc) is 3.19. The van der Waals surface area contributed by atoms with Crippen molar-refractivity contribution >= 4 is 5.91 Å². The standard InChI is InChI=1S/C16H22N2O3/c19-15(14-2-6-21-9-14)18-4-3-16(12-18)10-17(11-16)7-13-1-5-20-8-13/h2,6,9,13H,1,3-5,7-8,10-12H2/t13-/m1/s1. The van der Waals surface area contributed by atoms with Crippen LogP contribution in [0.5, 0.6) is 0 Å². The Bertz CT molecular complexity index is 502. The van der Waals surface area contributed by atoms with Gasteiger partial charge in [-0.25, -0.2) is 0 Å². The summed E-state index contributed by atoms with van der Waals surface area (Å²) in [4.78, 5) is 16.9. The van der Waals surface area contributed by atoms with Crippen LogP contribution in [0.4, 0.5) is 0 Å². The first kappa shape index (κ1) is 13.3. The number of nitrogens with zero attached hydrogens (tertiary/aromatic N) is 2. The van der Waals surface area contributed by atoms with E-state index in [1.54, 1.807) is 18.6 Å². The van der Waals surface area contributed by atoms with E-state index in [1.165, 1.54) is 6.42 Å². The van der Waals surface area contributed by atoms with Crippen LogP contribution in [0, 0.1) is 11.3 Å². The fraction of sp³-hybridized carbons (Fsp3) is 0.688. The summed E-state index contributed by atoms with van der Waals surface area (Å²) in [7, 11) is 0. The lowest BCUT2D eigenvalue weighted by Gasteiger charge is -2.48. The Morgan fingerprint density at radius 3 is 3.00 bits per heavy atom. The molecule has 0 aromatic carbocycles. The Hall–Kier alpha value is -1.33. The van der Waals surface area contributed by atoms with Crippen molar-refractivity contribution in [3.63, 3.8) is 0 Å². The third-order valence-corrected chi connectivity index (χ3v) is 5.15. The Labute approximate surface area is 124 Å². The molecule has 3 aliphatic heterocycles. The molecular formula is C16H22N2O3. The van der Waals surface area contributed by atoms with E-state index in [0.29, 0.717) is 16.9 Å². The molecule has 5 heteroatoms. The summed E-state index contributed by atoms with van der Waals surface area (Å²) in [5.74, 6) is 0.829. The van der Waals surface area contributed by atoms with E-state index in [0.717, 1.165) is 52.4 Å². The molecular weight excluding hydrogens is 268 g/mol. The van der Waals surface area contributed by atoms with Crippen LogP contribution in [0.25, 0.3) is 0 Å². The summed E-state index contributed by atoms with van der Waals surface area (Å²) in [6.07, 6.45) is 5.44. The molecule has 0 radical (unpaired) electrons. The molecule has 0 aliphatic carbocycles. The van der Waals surface area contributed by atoms with Crippen LogP contribution in [0.15, 0.2) is 23.0 Å². The summed E-state index contributed by atoms with van der Waals surface area (Å²) in [5.41, 5.74) is 1.02. The quantitative estimate of drug-likeness (QED) is 0.845. The molecule has 0 saturated carbocycles. The summed E-state index contributed by atoms with van der Waals surface area (Å²) in [6, 6.07) is 1.75. The number of ether oxygens (including phenoxy) is 1. The van der Waals surface area contributed by atoms with Crippen molar-refractivity contribution in [1.29, 1.82) is 0 Å². The van der Waals surface area contributed by atoms with E-state index < -0.39 is 0 Å². The van der Waals surface area contributed by atoms with Gasteiger partial charge in [0, 0.05) is 44.7 Å². The lowest BCUT2D eigenvalue weighted by molar-refractivity contribution is -0.00279. The van der Waals surface area contributed by atoms with Crippen LogP contribution in [0.3, 0.4) is 0 Å². The molecule has 1 amide bonds. The number of rotatable bonds is 3. The first-order valence-electron chi connectivity index (χ1n) is 7.86. The Morgan fingerprint density at radius 2 is 2.29 bits per heavy atom. The van der Waals surface area contributed by atoms with Gasteiger partial charge < -0.3 is 19.0 Å². The lowest BCUT2D eigenvalue weighted by Crippen LogP contribution is -2.58. The van der Waals surface area contributed by atoms with Crippen molar-refractivity contribution in [3.05, 3.63) is 24.2 Å². The highest BCUT2D eigenvalue weighted by molar-refractivity contribution is 5.94. The van der Waals surface area contributed by atoms with Gasteiger partial charge in [0.15, 0.2) is 0 Å². The average molecular weight is 290 g/mol. The summed E-state index contributed by atoms with van der Waals surface area (Å²) >= 11 is 0. The number of amides is 1. The zero-order valence-electron chi connectivity index (χ0n) is 12.3.